The van der Waals surface area contributed by atoms with Gasteiger partial charge in [-0.3, -0.25) is 0 Å². The third-order valence-electron chi connectivity index (χ3n) is 3.70. The molecule has 0 amide bonds. The van der Waals surface area contributed by atoms with E-state index in [0.29, 0.717) is 18.6 Å². The van der Waals surface area contributed by atoms with Crippen molar-refractivity contribution >= 4 is 17.3 Å². The Balaban J connectivity index is 2.18. The third-order valence-corrected chi connectivity index (χ3v) is 4.00. The van der Waals surface area contributed by atoms with Gasteiger partial charge in [0, 0.05) is 32.8 Å². The van der Waals surface area contributed by atoms with Gasteiger partial charge in [0.25, 0.3) is 0 Å². The Hall–Kier alpha value is -0.770. The standard InChI is InChI=1S/C17H27ClN2O/c1-13(2)12-20(9-10-21-3)17-14(5-4-6-16(17)18)11-19-15-7-8-15/h4-6,13,15,19H,7-12H2,1-3H3. The first-order chi connectivity index (χ1) is 10.1. The van der Waals surface area contributed by atoms with E-state index < -0.39 is 0 Å². The van der Waals surface area contributed by atoms with Crippen LogP contribution in [0.5, 0.6) is 0 Å². The van der Waals surface area contributed by atoms with E-state index in [9.17, 15) is 0 Å². The minimum Gasteiger partial charge on any atom is -0.383 e. The number of hydrogen-bond donors (Lipinski definition) is 1. The van der Waals surface area contributed by atoms with Crippen LogP contribution in [-0.2, 0) is 11.3 Å². The summed E-state index contributed by atoms with van der Waals surface area (Å²) in [5.41, 5.74) is 2.45. The average Bonchev–Trinajstić information content (AvgIpc) is 3.25. The molecule has 0 unspecified atom stereocenters. The molecule has 1 saturated carbocycles. The highest BCUT2D eigenvalue weighted by atomic mass is 35.5. The Morgan fingerprint density at radius 3 is 2.76 bits per heavy atom. The van der Waals surface area contributed by atoms with Gasteiger partial charge in [-0.1, -0.05) is 37.6 Å². The van der Waals surface area contributed by atoms with Crippen LogP contribution in [0.3, 0.4) is 0 Å². The lowest BCUT2D eigenvalue weighted by Gasteiger charge is -2.29. The summed E-state index contributed by atoms with van der Waals surface area (Å²) in [5.74, 6) is 0.586. The lowest BCUT2D eigenvalue weighted by Crippen LogP contribution is -2.32. The van der Waals surface area contributed by atoms with Crippen molar-refractivity contribution in [3.8, 4) is 0 Å². The van der Waals surface area contributed by atoms with Crippen LogP contribution in [0.1, 0.15) is 32.3 Å². The number of rotatable bonds is 9. The summed E-state index contributed by atoms with van der Waals surface area (Å²) in [6, 6.07) is 6.91. The predicted molar refractivity (Wildman–Crippen MR) is 90.2 cm³/mol. The number of para-hydroxylation sites is 1. The number of nitrogens with one attached hydrogen (secondary N) is 1. The summed E-state index contributed by atoms with van der Waals surface area (Å²) in [5, 5.41) is 4.42. The number of ether oxygens (including phenoxy) is 1. The van der Waals surface area contributed by atoms with Crippen LogP contribution in [0.4, 0.5) is 5.69 Å². The summed E-state index contributed by atoms with van der Waals surface area (Å²) in [6.45, 7) is 7.94. The molecule has 0 aliphatic heterocycles. The minimum atomic E-state index is 0.586. The molecule has 0 aromatic heterocycles. The fourth-order valence-corrected chi connectivity index (χ4v) is 2.85. The Morgan fingerprint density at radius 2 is 2.14 bits per heavy atom. The molecule has 0 spiro atoms. The third kappa shape index (κ3) is 5.17. The van der Waals surface area contributed by atoms with Gasteiger partial charge in [-0.15, -0.1) is 0 Å². The fourth-order valence-electron chi connectivity index (χ4n) is 2.54. The van der Waals surface area contributed by atoms with Gasteiger partial charge in [-0.25, -0.2) is 0 Å². The number of benzene rings is 1. The number of halogens is 1. The monoisotopic (exact) mass is 310 g/mol. The molecule has 0 radical (unpaired) electrons. The molecule has 1 aromatic carbocycles. The maximum absolute atomic E-state index is 6.51. The van der Waals surface area contributed by atoms with Gasteiger partial charge in [0.2, 0.25) is 0 Å². The van der Waals surface area contributed by atoms with Gasteiger partial charge >= 0.3 is 0 Å². The molecular weight excluding hydrogens is 284 g/mol. The van der Waals surface area contributed by atoms with Crippen LogP contribution in [0, 0.1) is 5.92 Å². The largest absolute Gasteiger partial charge is 0.383 e. The van der Waals surface area contributed by atoms with Gasteiger partial charge < -0.3 is 15.0 Å². The average molecular weight is 311 g/mol. The van der Waals surface area contributed by atoms with E-state index in [1.54, 1.807) is 7.11 Å². The van der Waals surface area contributed by atoms with E-state index in [2.05, 4.69) is 30.1 Å². The van der Waals surface area contributed by atoms with Crippen molar-refractivity contribution < 1.29 is 4.74 Å². The summed E-state index contributed by atoms with van der Waals surface area (Å²) in [6.07, 6.45) is 2.60. The Kier molecular flexibility index (Phi) is 6.34. The number of methoxy groups -OCH3 is 1. The molecule has 4 heteroatoms. The van der Waals surface area contributed by atoms with Crippen molar-refractivity contribution in [2.45, 2.75) is 39.3 Å². The van der Waals surface area contributed by atoms with Crippen LogP contribution in [0.15, 0.2) is 18.2 Å². The zero-order valence-corrected chi connectivity index (χ0v) is 14.1. The van der Waals surface area contributed by atoms with Crippen molar-refractivity contribution in [2.24, 2.45) is 5.92 Å². The van der Waals surface area contributed by atoms with E-state index in [1.165, 1.54) is 18.4 Å². The first-order valence-electron chi connectivity index (χ1n) is 7.86. The lowest BCUT2D eigenvalue weighted by atomic mass is 10.1. The molecule has 0 heterocycles. The summed E-state index contributed by atoms with van der Waals surface area (Å²) < 4.78 is 5.26. The van der Waals surface area contributed by atoms with Crippen molar-refractivity contribution in [3.05, 3.63) is 28.8 Å². The molecule has 1 fully saturated rings. The number of hydrogen-bond acceptors (Lipinski definition) is 3. The minimum absolute atomic E-state index is 0.586. The molecule has 1 aliphatic carbocycles. The van der Waals surface area contributed by atoms with Crippen molar-refractivity contribution in [1.29, 1.82) is 0 Å². The first kappa shape index (κ1) is 16.6. The SMILES string of the molecule is COCCN(CC(C)C)c1c(Cl)cccc1CNC1CC1. The molecule has 21 heavy (non-hydrogen) atoms. The Labute approximate surface area is 133 Å². The molecule has 118 valence electrons. The van der Waals surface area contributed by atoms with Gasteiger partial charge in [0.05, 0.1) is 17.3 Å². The molecule has 0 bridgehead atoms. The number of nitrogens with zero attached hydrogens (tertiary/aromatic N) is 1. The maximum Gasteiger partial charge on any atom is 0.0642 e. The van der Waals surface area contributed by atoms with Crippen LogP contribution in [0.2, 0.25) is 5.02 Å². The second-order valence-electron chi connectivity index (χ2n) is 6.24. The first-order valence-corrected chi connectivity index (χ1v) is 8.24. The van der Waals surface area contributed by atoms with E-state index in [0.717, 1.165) is 30.3 Å². The maximum atomic E-state index is 6.51. The molecule has 1 aromatic rings. The Bertz CT molecular complexity index is 446. The second-order valence-corrected chi connectivity index (χ2v) is 6.64. The molecule has 0 atom stereocenters. The normalized spacial score (nSPS) is 14.7. The van der Waals surface area contributed by atoms with Crippen LogP contribution >= 0.6 is 11.6 Å². The number of anilines is 1. The highest BCUT2D eigenvalue weighted by Gasteiger charge is 2.22. The molecular formula is C17H27ClN2O. The fraction of sp³-hybridized carbons (Fsp3) is 0.647. The van der Waals surface area contributed by atoms with Gasteiger partial charge in [0.15, 0.2) is 0 Å². The van der Waals surface area contributed by atoms with Crippen LogP contribution < -0.4 is 10.2 Å². The highest BCUT2D eigenvalue weighted by molar-refractivity contribution is 6.33. The zero-order valence-electron chi connectivity index (χ0n) is 13.4. The summed E-state index contributed by atoms with van der Waals surface area (Å²) in [7, 11) is 1.75. The zero-order chi connectivity index (χ0) is 15.2. The van der Waals surface area contributed by atoms with E-state index in [1.807, 2.05) is 12.1 Å². The van der Waals surface area contributed by atoms with Gasteiger partial charge in [-0.2, -0.15) is 0 Å². The topological polar surface area (TPSA) is 24.5 Å². The van der Waals surface area contributed by atoms with Gasteiger partial charge in [-0.05, 0) is 30.4 Å². The van der Waals surface area contributed by atoms with Crippen LogP contribution in [-0.4, -0.2) is 32.8 Å². The van der Waals surface area contributed by atoms with E-state index in [-0.39, 0.29) is 0 Å². The van der Waals surface area contributed by atoms with Gasteiger partial charge in [0.1, 0.15) is 0 Å². The smallest absolute Gasteiger partial charge is 0.0642 e. The highest BCUT2D eigenvalue weighted by Crippen LogP contribution is 2.31. The predicted octanol–water partition coefficient (Wildman–Crippen LogP) is 3.70. The quantitative estimate of drug-likeness (QED) is 0.752. The summed E-state index contributed by atoms with van der Waals surface area (Å²) in [4.78, 5) is 2.36. The van der Waals surface area contributed by atoms with E-state index in [4.69, 9.17) is 16.3 Å². The van der Waals surface area contributed by atoms with Crippen LogP contribution in [0.25, 0.3) is 0 Å². The van der Waals surface area contributed by atoms with E-state index >= 15 is 0 Å². The summed E-state index contributed by atoms with van der Waals surface area (Å²) >= 11 is 6.51. The molecule has 2 rings (SSSR count). The molecule has 3 nitrogen and oxygen atoms in total. The lowest BCUT2D eigenvalue weighted by molar-refractivity contribution is 0.204. The second kappa shape index (κ2) is 8.02. The van der Waals surface area contributed by atoms with Crippen molar-refractivity contribution in [3.63, 3.8) is 0 Å². The molecule has 1 aliphatic rings. The Morgan fingerprint density at radius 1 is 1.38 bits per heavy atom. The van der Waals surface area contributed by atoms with Crippen molar-refractivity contribution in [1.82, 2.24) is 5.32 Å². The molecule has 1 N–H and O–H groups in total. The molecule has 0 saturated heterocycles. The van der Waals surface area contributed by atoms with Crippen molar-refractivity contribution in [2.75, 3.05) is 31.7 Å².